The molecule has 0 aromatic rings. The lowest BCUT2D eigenvalue weighted by Gasteiger charge is -2.40. The number of imide groups is 1. The summed E-state index contributed by atoms with van der Waals surface area (Å²) in [5.74, 6) is -2.43. The van der Waals surface area contributed by atoms with Crippen molar-refractivity contribution >= 4 is 58.2 Å². The van der Waals surface area contributed by atoms with Gasteiger partial charge in [-0.2, -0.15) is 5.06 Å². The molecule has 3 saturated heterocycles. The van der Waals surface area contributed by atoms with Crippen molar-refractivity contribution in [2.75, 3.05) is 7.11 Å². The monoisotopic (exact) mass is 397 g/mol. The molecular weight excluding hydrogens is 388 g/mol. The quantitative estimate of drug-likeness (QED) is 0.502. The van der Waals surface area contributed by atoms with Crippen molar-refractivity contribution in [2.45, 2.75) is 28.4 Å². The van der Waals surface area contributed by atoms with E-state index in [0.717, 1.165) is 5.06 Å². The highest BCUT2D eigenvalue weighted by Gasteiger charge is 2.81. The Morgan fingerprint density at radius 3 is 1.87 bits per heavy atom. The number of alkyl halides is 2. The molecule has 0 aromatic carbocycles. The molecule has 8 atom stereocenters. The van der Waals surface area contributed by atoms with Crippen molar-refractivity contribution < 1.29 is 19.2 Å². The molecule has 0 unspecified atom stereocenters. The summed E-state index contributed by atoms with van der Waals surface area (Å²) in [7, 11) is 1.30. The van der Waals surface area contributed by atoms with Crippen LogP contribution in [0.5, 0.6) is 0 Å². The van der Waals surface area contributed by atoms with Crippen LogP contribution in [0.15, 0.2) is 10.1 Å². The van der Waals surface area contributed by atoms with E-state index in [4.69, 9.17) is 56.0 Å². The molecule has 5 rings (SSSR count). The average molecular weight is 399 g/mol. The van der Waals surface area contributed by atoms with Crippen LogP contribution in [-0.2, 0) is 19.2 Å². The van der Waals surface area contributed by atoms with E-state index in [-0.39, 0.29) is 23.7 Å². The number of amides is 2. The van der Waals surface area contributed by atoms with Crippen LogP contribution in [0.3, 0.4) is 0 Å². The number of halogens is 4. The van der Waals surface area contributed by atoms with E-state index in [0.29, 0.717) is 16.5 Å². The van der Waals surface area contributed by atoms with Crippen LogP contribution in [0.1, 0.15) is 6.42 Å². The van der Waals surface area contributed by atoms with Crippen LogP contribution in [0.2, 0.25) is 0 Å². The molecule has 1 saturated carbocycles. The van der Waals surface area contributed by atoms with Crippen LogP contribution in [-0.4, -0.2) is 45.9 Å². The average Bonchev–Trinajstić information content (AvgIpc) is 3.21. The van der Waals surface area contributed by atoms with Gasteiger partial charge in [0.15, 0.2) is 0 Å². The molecular formula is C14H11Cl4NO4. The smallest absolute Gasteiger partial charge is 0.260 e. The Kier molecular flexibility index (Phi) is 2.78. The van der Waals surface area contributed by atoms with Crippen molar-refractivity contribution in [3.8, 4) is 0 Å². The number of hydroxylamine groups is 2. The Bertz CT molecular complexity index is 659. The molecule has 0 radical (unpaired) electrons. The number of nitrogens with zero attached hydrogens (tertiary/aromatic N) is 1. The second-order valence-corrected chi connectivity index (χ2v) is 8.96. The fourth-order valence-corrected chi connectivity index (χ4v) is 7.46. The largest absolute Gasteiger partial charge is 0.373 e. The van der Waals surface area contributed by atoms with Crippen molar-refractivity contribution in [1.29, 1.82) is 0 Å². The summed E-state index contributed by atoms with van der Waals surface area (Å²) in [6.07, 6.45) is -0.603. The van der Waals surface area contributed by atoms with Gasteiger partial charge in [-0.1, -0.05) is 23.2 Å². The lowest BCUT2D eigenvalue weighted by atomic mass is 9.65. The van der Waals surface area contributed by atoms with E-state index in [1.807, 2.05) is 0 Å². The Morgan fingerprint density at radius 2 is 1.48 bits per heavy atom. The number of hydrogen-bond donors (Lipinski definition) is 0. The molecule has 23 heavy (non-hydrogen) atoms. The van der Waals surface area contributed by atoms with Crippen LogP contribution in [0.25, 0.3) is 0 Å². The zero-order valence-electron chi connectivity index (χ0n) is 11.8. The third-order valence-electron chi connectivity index (χ3n) is 6.15. The van der Waals surface area contributed by atoms with Gasteiger partial charge >= 0.3 is 0 Å². The molecule has 9 heteroatoms. The van der Waals surface area contributed by atoms with Crippen LogP contribution < -0.4 is 0 Å². The second-order valence-electron chi connectivity index (χ2n) is 6.85. The minimum atomic E-state index is -0.931. The normalized spacial score (nSPS) is 56.1. The topological polar surface area (TPSA) is 55.8 Å². The van der Waals surface area contributed by atoms with Crippen LogP contribution >= 0.6 is 46.4 Å². The van der Waals surface area contributed by atoms with Gasteiger partial charge in [-0.05, 0) is 6.42 Å². The molecule has 0 N–H and O–H groups in total. The predicted octanol–water partition coefficient (Wildman–Crippen LogP) is 2.22. The number of fused-ring (bicyclic) bond motifs is 12. The Labute approximate surface area is 151 Å². The van der Waals surface area contributed by atoms with Gasteiger partial charge < -0.3 is 4.74 Å². The molecule has 0 aromatic heterocycles. The number of carbonyl (C=O) groups is 2. The van der Waals surface area contributed by atoms with E-state index in [2.05, 4.69) is 0 Å². The summed E-state index contributed by atoms with van der Waals surface area (Å²) in [5, 5.41) is 1.49. The fraction of sp³-hybridized carbons (Fsp3) is 0.714. The Balaban J connectivity index is 1.65. The summed E-state index contributed by atoms with van der Waals surface area (Å²) in [6, 6.07) is 0. The minimum absolute atomic E-state index is 0.239. The molecule has 2 amide bonds. The van der Waals surface area contributed by atoms with Gasteiger partial charge in [-0.3, -0.25) is 14.4 Å². The van der Waals surface area contributed by atoms with Crippen LogP contribution in [0, 0.1) is 23.7 Å². The summed E-state index contributed by atoms with van der Waals surface area (Å²) in [6.45, 7) is 0. The predicted molar refractivity (Wildman–Crippen MR) is 82.0 cm³/mol. The standard InChI is InChI=1S/C14H11Cl4NO4/c1-22-19-11(20)3-4(12(19)21)8-6-5(7(3)23-8)13(17)2-14(6,18)10(16)9(13)15/h3-8H,2H2,1H3/t3-,4+,5-,6-,7+,8-,13+,14+/m1/s1. The van der Waals surface area contributed by atoms with Crippen molar-refractivity contribution in [1.82, 2.24) is 5.06 Å². The molecule has 0 spiro atoms. The van der Waals surface area contributed by atoms with E-state index in [9.17, 15) is 9.59 Å². The summed E-state index contributed by atoms with van der Waals surface area (Å²) in [5.41, 5.74) is 0. The fourth-order valence-electron chi connectivity index (χ4n) is 5.44. The Hall–Kier alpha value is -0.0400. The first kappa shape index (κ1) is 15.2. The SMILES string of the molecule is CON1C(=O)[C@@H]2[C@H]3O[C@@H]([C@@H]2C1=O)[C@H]1[C@H]3[C@@]2(Cl)C[C@@]1(Cl)C(Cl)=C2Cl. The Morgan fingerprint density at radius 1 is 1.04 bits per heavy atom. The molecule has 3 aliphatic heterocycles. The third kappa shape index (κ3) is 1.37. The molecule has 124 valence electrons. The number of ether oxygens (including phenoxy) is 1. The van der Waals surface area contributed by atoms with E-state index in [1.165, 1.54) is 7.11 Å². The molecule has 3 heterocycles. The zero-order chi connectivity index (χ0) is 16.5. The minimum Gasteiger partial charge on any atom is -0.373 e. The van der Waals surface area contributed by atoms with Gasteiger partial charge in [0, 0.05) is 11.8 Å². The maximum absolute atomic E-state index is 12.5. The summed E-state index contributed by atoms with van der Waals surface area (Å²) in [4.78, 5) is 28.1. The number of allylic oxidation sites excluding steroid dienone is 2. The zero-order valence-corrected chi connectivity index (χ0v) is 14.8. The lowest BCUT2D eigenvalue weighted by Crippen LogP contribution is -2.50. The van der Waals surface area contributed by atoms with Crippen LogP contribution in [0.4, 0.5) is 0 Å². The van der Waals surface area contributed by atoms with Gasteiger partial charge in [-0.25, -0.2) is 0 Å². The molecule has 2 aliphatic carbocycles. The number of hydrogen-bond acceptors (Lipinski definition) is 4. The van der Waals surface area contributed by atoms with E-state index < -0.39 is 33.8 Å². The van der Waals surface area contributed by atoms with E-state index >= 15 is 0 Å². The van der Waals surface area contributed by atoms with Gasteiger partial charge in [0.25, 0.3) is 11.8 Å². The maximum Gasteiger partial charge on any atom is 0.260 e. The molecule has 4 fully saturated rings. The van der Waals surface area contributed by atoms with Gasteiger partial charge in [0.05, 0.1) is 51.0 Å². The van der Waals surface area contributed by atoms with Gasteiger partial charge in [-0.15, -0.1) is 23.2 Å². The van der Waals surface area contributed by atoms with Crippen molar-refractivity contribution in [3.05, 3.63) is 10.1 Å². The first-order valence-electron chi connectivity index (χ1n) is 7.29. The highest BCUT2D eigenvalue weighted by molar-refractivity contribution is 6.51. The maximum atomic E-state index is 12.5. The highest BCUT2D eigenvalue weighted by atomic mass is 35.5. The lowest BCUT2D eigenvalue weighted by molar-refractivity contribution is -0.184. The van der Waals surface area contributed by atoms with Crippen molar-refractivity contribution in [2.24, 2.45) is 23.7 Å². The molecule has 5 aliphatic rings. The van der Waals surface area contributed by atoms with Crippen molar-refractivity contribution in [3.63, 3.8) is 0 Å². The van der Waals surface area contributed by atoms with Gasteiger partial charge in [0.2, 0.25) is 0 Å². The third-order valence-corrected chi connectivity index (χ3v) is 8.64. The highest BCUT2D eigenvalue weighted by Crippen LogP contribution is 2.75. The molecule has 5 nitrogen and oxygen atoms in total. The van der Waals surface area contributed by atoms with Gasteiger partial charge in [0.1, 0.15) is 0 Å². The van der Waals surface area contributed by atoms with E-state index in [1.54, 1.807) is 0 Å². The number of rotatable bonds is 1. The second kappa shape index (κ2) is 4.19. The first-order valence-corrected chi connectivity index (χ1v) is 8.80. The first-order chi connectivity index (χ1) is 10.8. The summed E-state index contributed by atoms with van der Waals surface area (Å²) >= 11 is 26.3. The number of carbonyl (C=O) groups excluding carboxylic acids is 2. The molecule has 4 bridgehead atoms. The summed E-state index contributed by atoms with van der Waals surface area (Å²) < 4.78 is 6.01.